The van der Waals surface area contributed by atoms with Crippen LogP contribution >= 0.6 is 0 Å². The fraction of sp³-hybridized carbons (Fsp3) is 0.188. The number of non-ortho nitro benzene ring substituents is 1. The molecule has 5 nitrogen and oxygen atoms in total. The van der Waals surface area contributed by atoms with E-state index in [1.807, 2.05) is 24.3 Å². The van der Waals surface area contributed by atoms with Crippen molar-refractivity contribution in [3.63, 3.8) is 0 Å². The highest BCUT2D eigenvalue weighted by atomic mass is 16.6. The molecule has 106 valence electrons. The standard InChI is InChI=1S/C16H13NO4/c18-16(11-5-7-12(8-6-11)17(19)20)14-9-10-21-15-4-2-1-3-13(14)15/h1-8,14H,9-10H2. The zero-order valence-corrected chi connectivity index (χ0v) is 11.2. The van der Waals surface area contributed by atoms with Crippen LogP contribution in [0.5, 0.6) is 5.75 Å². The number of ether oxygens (including phenoxy) is 1. The first-order valence-corrected chi connectivity index (χ1v) is 6.67. The van der Waals surface area contributed by atoms with E-state index in [-0.39, 0.29) is 17.4 Å². The van der Waals surface area contributed by atoms with Crippen molar-refractivity contribution in [3.05, 3.63) is 69.8 Å². The Kier molecular flexibility index (Phi) is 3.39. The molecule has 1 heterocycles. The molecule has 0 radical (unpaired) electrons. The number of rotatable bonds is 3. The number of nitro groups is 1. The molecule has 0 amide bonds. The molecule has 0 aliphatic carbocycles. The van der Waals surface area contributed by atoms with Crippen molar-refractivity contribution in [3.8, 4) is 5.75 Å². The maximum Gasteiger partial charge on any atom is 0.269 e. The van der Waals surface area contributed by atoms with Gasteiger partial charge in [0.2, 0.25) is 0 Å². The minimum atomic E-state index is -0.474. The van der Waals surface area contributed by atoms with Crippen molar-refractivity contribution < 1.29 is 14.5 Å². The fourth-order valence-electron chi connectivity index (χ4n) is 2.56. The van der Waals surface area contributed by atoms with Crippen molar-refractivity contribution in [2.24, 2.45) is 0 Å². The third kappa shape index (κ3) is 2.50. The molecule has 1 aliphatic heterocycles. The third-order valence-corrected chi connectivity index (χ3v) is 3.64. The number of ketones is 1. The number of carbonyl (C=O) groups is 1. The smallest absolute Gasteiger partial charge is 0.269 e. The largest absolute Gasteiger partial charge is 0.493 e. The number of hydrogen-bond acceptors (Lipinski definition) is 4. The van der Waals surface area contributed by atoms with Gasteiger partial charge in [-0.3, -0.25) is 14.9 Å². The second-order valence-corrected chi connectivity index (χ2v) is 4.90. The average molecular weight is 283 g/mol. The second kappa shape index (κ2) is 5.36. The van der Waals surface area contributed by atoms with Crippen LogP contribution in [0.3, 0.4) is 0 Å². The van der Waals surface area contributed by atoms with Crippen LogP contribution in [0.1, 0.15) is 28.3 Å². The molecule has 0 aromatic heterocycles. The summed E-state index contributed by atoms with van der Waals surface area (Å²) in [6, 6.07) is 13.2. The van der Waals surface area contributed by atoms with Crippen molar-refractivity contribution in [1.29, 1.82) is 0 Å². The highest BCUT2D eigenvalue weighted by molar-refractivity contribution is 6.01. The number of carbonyl (C=O) groups excluding carboxylic acids is 1. The van der Waals surface area contributed by atoms with Gasteiger partial charge in [0.1, 0.15) is 5.75 Å². The van der Waals surface area contributed by atoms with Gasteiger partial charge in [0.15, 0.2) is 5.78 Å². The first-order valence-electron chi connectivity index (χ1n) is 6.67. The van der Waals surface area contributed by atoms with Crippen LogP contribution in [-0.2, 0) is 0 Å². The zero-order chi connectivity index (χ0) is 14.8. The number of nitrogens with zero attached hydrogens (tertiary/aromatic N) is 1. The van der Waals surface area contributed by atoms with Crippen LogP contribution in [0.25, 0.3) is 0 Å². The van der Waals surface area contributed by atoms with E-state index in [0.29, 0.717) is 18.6 Å². The molecule has 1 aliphatic rings. The first kappa shape index (κ1) is 13.3. The van der Waals surface area contributed by atoms with Gasteiger partial charge in [-0.1, -0.05) is 18.2 Å². The lowest BCUT2D eigenvalue weighted by atomic mass is 9.86. The molecule has 21 heavy (non-hydrogen) atoms. The summed E-state index contributed by atoms with van der Waals surface area (Å²) in [5, 5.41) is 10.7. The lowest BCUT2D eigenvalue weighted by Gasteiger charge is -2.24. The van der Waals surface area contributed by atoms with Gasteiger partial charge in [-0.15, -0.1) is 0 Å². The minimum Gasteiger partial charge on any atom is -0.493 e. The molecule has 5 heteroatoms. The Balaban J connectivity index is 1.91. The van der Waals surface area contributed by atoms with E-state index < -0.39 is 4.92 Å². The van der Waals surface area contributed by atoms with E-state index in [2.05, 4.69) is 0 Å². The van der Waals surface area contributed by atoms with Gasteiger partial charge in [0.05, 0.1) is 17.4 Å². The summed E-state index contributed by atoms with van der Waals surface area (Å²) in [6.07, 6.45) is 0.618. The predicted octanol–water partition coefficient (Wildman–Crippen LogP) is 3.34. The summed E-state index contributed by atoms with van der Waals surface area (Å²) in [4.78, 5) is 22.8. The van der Waals surface area contributed by atoms with Crippen LogP contribution in [0.2, 0.25) is 0 Å². The summed E-state index contributed by atoms with van der Waals surface area (Å²) in [5.74, 6) is 0.459. The Morgan fingerprint density at radius 3 is 2.57 bits per heavy atom. The molecular weight excluding hydrogens is 270 g/mol. The fourth-order valence-corrected chi connectivity index (χ4v) is 2.56. The van der Waals surface area contributed by atoms with Gasteiger partial charge in [-0.05, 0) is 24.6 Å². The zero-order valence-electron chi connectivity index (χ0n) is 11.2. The molecule has 0 bridgehead atoms. The van der Waals surface area contributed by atoms with Crippen molar-refractivity contribution in [2.75, 3.05) is 6.61 Å². The Morgan fingerprint density at radius 2 is 1.86 bits per heavy atom. The lowest BCUT2D eigenvalue weighted by molar-refractivity contribution is -0.384. The number of benzene rings is 2. The van der Waals surface area contributed by atoms with Gasteiger partial charge in [-0.25, -0.2) is 0 Å². The molecule has 2 aromatic rings. The first-order chi connectivity index (χ1) is 10.2. The average Bonchev–Trinajstić information content (AvgIpc) is 2.53. The maximum absolute atomic E-state index is 12.6. The normalized spacial score (nSPS) is 16.7. The van der Waals surface area contributed by atoms with Gasteiger partial charge in [-0.2, -0.15) is 0 Å². The summed E-state index contributed by atoms with van der Waals surface area (Å²) in [6.45, 7) is 0.500. The van der Waals surface area contributed by atoms with E-state index in [1.165, 1.54) is 24.3 Å². The number of para-hydroxylation sites is 1. The number of fused-ring (bicyclic) bond motifs is 1. The Labute approximate surface area is 121 Å². The molecule has 1 atom stereocenters. The molecule has 0 saturated heterocycles. The topological polar surface area (TPSA) is 69.4 Å². The Bertz CT molecular complexity index is 694. The van der Waals surface area contributed by atoms with Crippen LogP contribution in [0.15, 0.2) is 48.5 Å². The van der Waals surface area contributed by atoms with E-state index in [1.54, 1.807) is 0 Å². The molecule has 0 saturated carbocycles. The highest BCUT2D eigenvalue weighted by Gasteiger charge is 2.28. The van der Waals surface area contributed by atoms with E-state index in [9.17, 15) is 14.9 Å². The van der Waals surface area contributed by atoms with E-state index in [4.69, 9.17) is 4.74 Å². The molecule has 0 N–H and O–H groups in total. The number of Topliss-reactive ketones (excluding diaryl/α,β-unsaturated/α-hetero) is 1. The quantitative estimate of drug-likeness (QED) is 0.492. The molecule has 1 unspecified atom stereocenters. The maximum atomic E-state index is 12.6. The van der Waals surface area contributed by atoms with Gasteiger partial charge in [0, 0.05) is 23.3 Å². The van der Waals surface area contributed by atoms with Crippen molar-refractivity contribution >= 4 is 11.5 Å². The van der Waals surface area contributed by atoms with E-state index >= 15 is 0 Å². The third-order valence-electron chi connectivity index (χ3n) is 3.64. The Hall–Kier alpha value is -2.69. The van der Waals surface area contributed by atoms with Gasteiger partial charge in [0.25, 0.3) is 5.69 Å². The number of nitro benzene ring substituents is 1. The highest BCUT2D eigenvalue weighted by Crippen LogP contribution is 2.35. The van der Waals surface area contributed by atoms with Crippen LogP contribution < -0.4 is 4.74 Å². The van der Waals surface area contributed by atoms with Crippen LogP contribution in [0.4, 0.5) is 5.69 Å². The minimum absolute atomic E-state index is 0.0149. The molecule has 3 rings (SSSR count). The summed E-state index contributed by atoms with van der Waals surface area (Å²) < 4.78 is 5.55. The van der Waals surface area contributed by atoms with E-state index in [0.717, 1.165) is 11.3 Å². The lowest BCUT2D eigenvalue weighted by Crippen LogP contribution is -2.21. The van der Waals surface area contributed by atoms with Gasteiger partial charge >= 0.3 is 0 Å². The second-order valence-electron chi connectivity index (χ2n) is 4.90. The van der Waals surface area contributed by atoms with Crippen LogP contribution in [-0.4, -0.2) is 17.3 Å². The summed E-state index contributed by atoms with van der Waals surface area (Å²) in [7, 11) is 0. The Morgan fingerprint density at radius 1 is 1.14 bits per heavy atom. The van der Waals surface area contributed by atoms with Crippen LogP contribution in [0, 0.1) is 10.1 Å². The number of hydrogen-bond donors (Lipinski definition) is 0. The van der Waals surface area contributed by atoms with Crippen molar-refractivity contribution in [2.45, 2.75) is 12.3 Å². The molecule has 0 spiro atoms. The monoisotopic (exact) mass is 283 g/mol. The predicted molar refractivity (Wildman–Crippen MR) is 76.7 cm³/mol. The molecule has 2 aromatic carbocycles. The molecule has 0 fully saturated rings. The SMILES string of the molecule is O=C(c1ccc([N+](=O)[O-])cc1)C1CCOc2ccccc21. The summed E-state index contributed by atoms with van der Waals surface area (Å²) in [5.41, 5.74) is 1.35. The van der Waals surface area contributed by atoms with Crippen molar-refractivity contribution in [1.82, 2.24) is 0 Å². The molecular formula is C16H13NO4. The summed E-state index contributed by atoms with van der Waals surface area (Å²) >= 11 is 0. The van der Waals surface area contributed by atoms with Gasteiger partial charge < -0.3 is 4.74 Å².